The second kappa shape index (κ2) is 3.94. The van der Waals surface area contributed by atoms with Crippen molar-refractivity contribution in [2.45, 2.75) is 19.8 Å². The fourth-order valence-corrected chi connectivity index (χ4v) is 1.90. The Kier molecular flexibility index (Phi) is 2.40. The summed E-state index contributed by atoms with van der Waals surface area (Å²) < 4.78 is 1.23. The number of nitrogens with two attached hydrogens (primary N) is 1. The van der Waals surface area contributed by atoms with Gasteiger partial charge in [-0.1, -0.05) is 23.8 Å². The number of hydrogen-bond acceptors (Lipinski definition) is 4. The molecule has 1 saturated carbocycles. The predicted octanol–water partition coefficient (Wildman–Crippen LogP) is 1.89. The minimum atomic E-state index is -0.0427. The van der Waals surface area contributed by atoms with E-state index in [2.05, 4.69) is 10.1 Å². The van der Waals surface area contributed by atoms with Gasteiger partial charge in [0.2, 0.25) is 5.95 Å². The van der Waals surface area contributed by atoms with Crippen LogP contribution in [0, 0.1) is 12.8 Å². The molecule has 18 heavy (non-hydrogen) atoms. The maximum Gasteiger partial charge on any atom is 0.253 e. The zero-order valence-electron chi connectivity index (χ0n) is 10.1. The van der Waals surface area contributed by atoms with E-state index in [1.807, 2.05) is 31.2 Å². The molecule has 5 heteroatoms. The van der Waals surface area contributed by atoms with E-state index in [0.29, 0.717) is 5.82 Å². The van der Waals surface area contributed by atoms with E-state index in [1.54, 1.807) is 0 Å². The van der Waals surface area contributed by atoms with Crippen LogP contribution in [0.4, 0.5) is 5.95 Å². The number of aromatic nitrogens is 3. The Morgan fingerprint density at radius 1 is 1.44 bits per heavy atom. The lowest BCUT2D eigenvalue weighted by molar-refractivity contribution is 0.0873. The molecule has 5 nitrogen and oxygen atoms in total. The highest BCUT2D eigenvalue weighted by Gasteiger charge is 2.33. The maximum absolute atomic E-state index is 11.9. The molecule has 0 spiro atoms. The summed E-state index contributed by atoms with van der Waals surface area (Å²) in [6, 6.07) is 7.82. The summed E-state index contributed by atoms with van der Waals surface area (Å²) in [6.07, 6.45) is 1.86. The van der Waals surface area contributed by atoms with Crippen LogP contribution in [0.5, 0.6) is 0 Å². The first-order chi connectivity index (χ1) is 8.65. The Morgan fingerprint density at radius 2 is 2.22 bits per heavy atom. The number of anilines is 1. The zero-order chi connectivity index (χ0) is 12.7. The number of nitrogen functional groups attached to an aromatic ring is 1. The Labute approximate surface area is 105 Å². The summed E-state index contributed by atoms with van der Waals surface area (Å²) in [7, 11) is 0. The fourth-order valence-electron chi connectivity index (χ4n) is 1.90. The van der Waals surface area contributed by atoms with Crippen LogP contribution in [-0.2, 0) is 0 Å². The van der Waals surface area contributed by atoms with Gasteiger partial charge in [-0.25, -0.2) is 0 Å². The Bertz CT molecular complexity index is 613. The minimum Gasteiger partial charge on any atom is -0.368 e. The van der Waals surface area contributed by atoms with Gasteiger partial charge in [0.25, 0.3) is 5.91 Å². The number of carbonyl (C=O) groups excluding carboxylic acids is 1. The quantitative estimate of drug-likeness (QED) is 0.872. The molecule has 1 heterocycles. The fraction of sp³-hybridized carbons (Fsp3) is 0.308. The second-order valence-electron chi connectivity index (χ2n) is 4.69. The molecule has 0 unspecified atom stereocenters. The third kappa shape index (κ3) is 1.88. The third-order valence-corrected chi connectivity index (χ3v) is 3.04. The van der Waals surface area contributed by atoms with Crippen molar-refractivity contribution >= 4 is 11.9 Å². The van der Waals surface area contributed by atoms with Crippen molar-refractivity contribution < 1.29 is 4.79 Å². The van der Waals surface area contributed by atoms with Crippen LogP contribution >= 0.6 is 0 Å². The molecule has 0 aliphatic heterocycles. The van der Waals surface area contributed by atoms with E-state index in [-0.39, 0.29) is 17.8 Å². The lowest BCUT2D eigenvalue weighted by Crippen LogP contribution is -2.16. The van der Waals surface area contributed by atoms with Gasteiger partial charge in [-0.2, -0.15) is 9.67 Å². The van der Waals surface area contributed by atoms with Crippen molar-refractivity contribution in [3.63, 3.8) is 0 Å². The van der Waals surface area contributed by atoms with Crippen molar-refractivity contribution in [1.29, 1.82) is 0 Å². The molecule has 1 aromatic carbocycles. The van der Waals surface area contributed by atoms with Gasteiger partial charge in [0.05, 0.1) is 0 Å². The monoisotopic (exact) mass is 242 g/mol. The molecule has 3 rings (SSSR count). The topological polar surface area (TPSA) is 73.8 Å². The van der Waals surface area contributed by atoms with Gasteiger partial charge in [-0.05, 0) is 25.8 Å². The van der Waals surface area contributed by atoms with Crippen LogP contribution in [0.15, 0.2) is 24.3 Å². The second-order valence-corrected chi connectivity index (χ2v) is 4.69. The Hall–Kier alpha value is -2.17. The average molecular weight is 242 g/mol. The zero-order valence-corrected chi connectivity index (χ0v) is 10.1. The van der Waals surface area contributed by atoms with Crippen LogP contribution in [0.25, 0.3) is 11.4 Å². The van der Waals surface area contributed by atoms with Gasteiger partial charge < -0.3 is 5.73 Å². The van der Waals surface area contributed by atoms with Crippen LogP contribution in [-0.4, -0.2) is 20.7 Å². The standard InChI is InChI=1S/C13H14N4O/c1-8-3-2-4-10(7-8)11-15-13(14)17(16-11)12(18)9-5-6-9/h2-4,7,9H,5-6H2,1H3,(H2,14,15,16). The normalized spacial score (nSPS) is 14.7. The molecule has 0 saturated heterocycles. The summed E-state index contributed by atoms with van der Waals surface area (Å²) in [5.41, 5.74) is 7.75. The van der Waals surface area contributed by atoms with Crippen LogP contribution in [0.1, 0.15) is 23.2 Å². The highest BCUT2D eigenvalue weighted by Crippen LogP contribution is 2.31. The van der Waals surface area contributed by atoms with Crippen molar-refractivity contribution in [2.75, 3.05) is 5.73 Å². The van der Waals surface area contributed by atoms with E-state index < -0.39 is 0 Å². The van der Waals surface area contributed by atoms with Gasteiger partial charge in [0, 0.05) is 11.5 Å². The molecular weight excluding hydrogens is 228 g/mol. The summed E-state index contributed by atoms with van der Waals surface area (Å²) in [4.78, 5) is 16.1. The summed E-state index contributed by atoms with van der Waals surface area (Å²) in [6.45, 7) is 2.00. The van der Waals surface area contributed by atoms with Crippen LogP contribution < -0.4 is 5.73 Å². The predicted molar refractivity (Wildman–Crippen MR) is 68.0 cm³/mol. The molecule has 2 aromatic rings. The minimum absolute atomic E-state index is 0.0427. The molecule has 0 radical (unpaired) electrons. The van der Waals surface area contributed by atoms with Crippen LogP contribution in [0.2, 0.25) is 0 Å². The first-order valence-corrected chi connectivity index (χ1v) is 5.99. The van der Waals surface area contributed by atoms with Gasteiger partial charge in [-0.3, -0.25) is 4.79 Å². The Balaban J connectivity index is 1.99. The highest BCUT2D eigenvalue weighted by molar-refractivity contribution is 5.85. The van der Waals surface area contributed by atoms with E-state index in [9.17, 15) is 4.79 Å². The molecule has 92 valence electrons. The van der Waals surface area contributed by atoms with Crippen molar-refractivity contribution in [2.24, 2.45) is 5.92 Å². The van der Waals surface area contributed by atoms with Crippen molar-refractivity contribution in [1.82, 2.24) is 14.8 Å². The molecule has 2 N–H and O–H groups in total. The van der Waals surface area contributed by atoms with E-state index in [1.165, 1.54) is 4.68 Å². The van der Waals surface area contributed by atoms with E-state index in [4.69, 9.17) is 5.73 Å². The van der Waals surface area contributed by atoms with Gasteiger partial charge in [-0.15, -0.1) is 5.10 Å². The number of benzene rings is 1. The highest BCUT2D eigenvalue weighted by atomic mass is 16.2. The Morgan fingerprint density at radius 3 is 2.89 bits per heavy atom. The summed E-state index contributed by atoms with van der Waals surface area (Å²) in [5, 5.41) is 4.21. The van der Waals surface area contributed by atoms with E-state index >= 15 is 0 Å². The van der Waals surface area contributed by atoms with E-state index in [0.717, 1.165) is 24.0 Å². The van der Waals surface area contributed by atoms with Gasteiger partial charge in [0.1, 0.15) is 0 Å². The number of nitrogens with zero attached hydrogens (tertiary/aromatic N) is 3. The van der Waals surface area contributed by atoms with Gasteiger partial charge >= 0.3 is 0 Å². The van der Waals surface area contributed by atoms with Crippen molar-refractivity contribution in [3.05, 3.63) is 29.8 Å². The first kappa shape index (κ1) is 11.0. The molecule has 1 aromatic heterocycles. The first-order valence-electron chi connectivity index (χ1n) is 5.99. The van der Waals surface area contributed by atoms with Gasteiger partial charge in [0.15, 0.2) is 5.82 Å². The van der Waals surface area contributed by atoms with Crippen LogP contribution in [0.3, 0.4) is 0 Å². The number of aryl methyl sites for hydroxylation is 1. The molecule has 0 atom stereocenters. The average Bonchev–Trinajstić information content (AvgIpc) is 3.12. The molecule has 1 aliphatic carbocycles. The number of rotatable bonds is 2. The summed E-state index contributed by atoms with van der Waals surface area (Å²) in [5.74, 6) is 0.715. The lowest BCUT2D eigenvalue weighted by Gasteiger charge is -1.98. The SMILES string of the molecule is Cc1cccc(-c2nc(N)n(C(=O)C3CC3)n2)c1. The molecular formula is C13H14N4O. The molecule has 0 amide bonds. The lowest BCUT2D eigenvalue weighted by atomic mass is 10.1. The number of hydrogen-bond donors (Lipinski definition) is 1. The molecule has 1 aliphatic rings. The number of carbonyl (C=O) groups is 1. The smallest absolute Gasteiger partial charge is 0.253 e. The third-order valence-electron chi connectivity index (χ3n) is 3.04. The largest absolute Gasteiger partial charge is 0.368 e. The van der Waals surface area contributed by atoms with Crippen molar-refractivity contribution in [3.8, 4) is 11.4 Å². The molecule has 1 fully saturated rings. The summed E-state index contributed by atoms with van der Waals surface area (Å²) >= 11 is 0. The maximum atomic E-state index is 11.9. The molecule has 0 bridgehead atoms.